The average Bonchev–Trinajstić information content (AvgIpc) is 2.17. The summed E-state index contributed by atoms with van der Waals surface area (Å²) in [6.07, 6.45) is 4.45. The Balaban J connectivity index is 2.81. The normalized spacial score (nSPS) is 10.8. The van der Waals surface area contributed by atoms with Gasteiger partial charge in [-0.3, -0.25) is 0 Å². The molecule has 0 aromatic carbocycles. The lowest BCUT2D eigenvalue weighted by Gasteiger charge is -2.12. The summed E-state index contributed by atoms with van der Waals surface area (Å²) in [5.41, 5.74) is -0.236. The van der Waals surface area contributed by atoms with Crippen molar-refractivity contribution in [3.8, 4) is 0 Å². The van der Waals surface area contributed by atoms with E-state index < -0.39 is 0 Å². The molecule has 0 spiro atoms. The van der Waals surface area contributed by atoms with Gasteiger partial charge >= 0.3 is 5.63 Å². The lowest BCUT2D eigenvalue weighted by molar-refractivity contribution is 0.394. The van der Waals surface area contributed by atoms with Crippen LogP contribution in [0.15, 0.2) is 27.4 Å². The van der Waals surface area contributed by atoms with Crippen LogP contribution >= 0.6 is 0 Å². The van der Waals surface area contributed by atoms with Crippen LogP contribution in [0.3, 0.4) is 0 Å². The molecule has 0 radical (unpaired) electrons. The lowest BCUT2D eigenvalue weighted by Crippen LogP contribution is -2.04. The van der Waals surface area contributed by atoms with Crippen molar-refractivity contribution in [2.45, 2.75) is 45.4 Å². The van der Waals surface area contributed by atoms with E-state index in [-0.39, 0.29) is 5.63 Å². The van der Waals surface area contributed by atoms with Gasteiger partial charge in [-0.25, -0.2) is 4.79 Å². The molecule has 0 atom stereocenters. The van der Waals surface area contributed by atoms with Crippen LogP contribution in [0.1, 0.15) is 51.2 Å². The molecule has 78 valence electrons. The predicted molar refractivity (Wildman–Crippen MR) is 57.5 cm³/mol. The van der Waals surface area contributed by atoms with E-state index in [1.807, 2.05) is 6.07 Å². The Morgan fingerprint density at radius 2 is 1.86 bits per heavy atom. The molecule has 2 nitrogen and oxygen atoms in total. The SMILES string of the molecule is CCCC(CCC)c1cccc(=O)o1. The first-order chi connectivity index (χ1) is 6.77. The van der Waals surface area contributed by atoms with Crippen LogP contribution in [-0.4, -0.2) is 0 Å². The molecule has 0 aliphatic rings. The van der Waals surface area contributed by atoms with Gasteiger partial charge in [-0.2, -0.15) is 0 Å². The summed E-state index contributed by atoms with van der Waals surface area (Å²) < 4.78 is 5.19. The van der Waals surface area contributed by atoms with Crippen LogP contribution in [0.2, 0.25) is 0 Å². The highest BCUT2D eigenvalue weighted by molar-refractivity contribution is 5.05. The topological polar surface area (TPSA) is 30.2 Å². The third kappa shape index (κ3) is 3.02. The van der Waals surface area contributed by atoms with Crippen molar-refractivity contribution in [3.05, 3.63) is 34.4 Å². The van der Waals surface area contributed by atoms with Gasteiger partial charge in [0.2, 0.25) is 0 Å². The molecule has 0 aliphatic heterocycles. The Morgan fingerprint density at radius 3 is 2.36 bits per heavy atom. The van der Waals surface area contributed by atoms with Gasteiger partial charge in [0.25, 0.3) is 0 Å². The van der Waals surface area contributed by atoms with Crippen LogP contribution in [0, 0.1) is 0 Å². The van der Waals surface area contributed by atoms with E-state index in [9.17, 15) is 4.79 Å². The summed E-state index contributed by atoms with van der Waals surface area (Å²) in [6.45, 7) is 4.31. The fraction of sp³-hybridized carbons (Fsp3) is 0.583. The van der Waals surface area contributed by atoms with Gasteiger partial charge in [0.1, 0.15) is 5.76 Å². The highest BCUT2D eigenvalue weighted by atomic mass is 16.4. The average molecular weight is 194 g/mol. The van der Waals surface area contributed by atoms with E-state index >= 15 is 0 Å². The van der Waals surface area contributed by atoms with Crippen LogP contribution < -0.4 is 5.63 Å². The Bertz CT molecular complexity index is 308. The van der Waals surface area contributed by atoms with E-state index in [1.165, 1.54) is 6.07 Å². The summed E-state index contributed by atoms with van der Waals surface area (Å²) in [5.74, 6) is 1.26. The molecule has 0 N–H and O–H groups in total. The van der Waals surface area contributed by atoms with Gasteiger partial charge in [0.05, 0.1) is 0 Å². The van der Waals surface area contributed by atoms with Crippen molar-refractivity contribution in [2.75, 3.05) is 0 Å². The minimum absolute atomic E-state index is 0.236. The molecule has 1 aromatic heterocycles. The molecule has 1 rings (SSSR count). The quantitative estimate of drug-likeness (QED) is 0.719. The molecule has 0 unspecified atom stereocenters. The summed E-state index contributed by atoms with van der Waals surface area (Å²) in [7, 11) is 0. The highest BCUT2D eigenvalue weighted by Crippen LogP contribution is 2.24. The standard InChI is InChI=1S/C12H18O2/c1-3-6-10(7-4-2)11-8-5-9-12(13)14-11/h5,8-10H,3-4,6-7H2,1-2H3. The van der Waals surface area contributed by atoms with E-state index in [0.717, 1.165) is 31.4 Å². The Hall–Kier alpha value is -1.05. The molecule has 0 amide bonds. The third-order valence-electron chi connectivity index (χ3n) is 2.39. The Kier molecular flexibility index (Phi) is 4.44. The summed E-state index contributed by atoms with van der Waals surface area (Å²) in [4.78, 5) is 11.0. The molecular formula is C12H18O2. The Labute approximate surface area is 85.0 Å². The van der Waals surface area contributed by atoms with Crippen molar-refractivity contribution < 1.29 is 4.42 Å². The second kappa shape index (κ2) is 5.63. The predicted octanol–water partition coefficient (Wildman–Crippen LogP) is 3.32. The van der Waals surface area contributed by atoms with Gasteiger partial charge in [-0.05, 0) is 18.9 Å². The van der Waals surface area contributed by atoms with E-state index in [1.54, 1.807) is 6.07 Å². The second-order valence-electron chi connectivity index (χ2n) is 3.62. The number of rotatable bonds is 5. The monoisotopic (exact) mass is 194 g/mol. The largest absolute Gasteiger partial charge is 0.428 e. The summed E-state index contributed by atoms with van der Waals surface area (Å²) >= 11 is 0. The van der Waals surface area contributed by atoms with Gasteiger partial charge in [0, 0.05) is 12.0 Å². The fourth-order valence-corrected chi connectivity index (χ4v) is 1.75. The highest BCUT2D eigenvalue weighted by Gasteiger charge is 2.11. The summed E-state index contributed by atoms with van der Waals surface area (Å²) in [5, 5.41) is 0. The first kappa shape index (κ1) is 11.0. The molecule has 14 heavy (non-hydrogen) atoms. The van der Waals surface area contributed by atoms with E-state index in [2.05, 4.69) is 13.8 Å². The van der Waals surface area contributed by atoms with Crippen LogP contribution in [0.5, 0.6) is 0 Å². The molecule has 0 fully saturated rings. The molecule has 0 aliphatic carbocycles. The zero-order valence-electron chi connectivity index (χ0n) is 8.95. The fourth-order valence-electron chi connectivity index (χ4n) is 1.75. The maximum Gasteiger partial charge on any atom is 0.335 e. The van der Waals surface area contributed by atoms with E-state index in [4.69, 9.17) is 4.42 Å². The van der Waals surface area contributed by atoms with Crippen LogP contribution in [0.25, 0.3) is 0 Å². The second-order valence-corrected chi connectivity index (χ2v) is 3.62. The van der Waals surface area contributed by atoms with Crippen molar-refractivity contribution in [3.63, 3.8) is 0 Å². The van der Waals surface area contributed by atoms with Crippen molar-refractivity contribution in [2.24, 2.45) is 0 Å². The van der Waals surface area contributed by atoms with Crippen molar-refractivity contribution in [1.29, 1.82) is 0 Å². The molecule has 0 saturated carbocycles. The zero-order valence-corrected chi connectivity index (χ0v) is 8.95. The molecule has 1 aromatic rings. The van der Waals surface area contributed by atoms with Gasteiger partial charge in [-0.1, -0.05) is 32.8 Å². The molecule has 0 bridgehead atoms. The van der Waals surface area contributed by atoms with E-state index in [0.29, 0.717) is 5.92 Å². The van der Waals surface area contributed by atoms with Crippen LogP contribution in [-0.2, 0) is 0 Å². The van der Waals surface area contributed by atoms with Gasteiger partial charge < -0.3 is 4.42 Å². The van der Waals surface area contributed by atoms with Crippen molar-refractivity contribution in [1.82, 2.24) is 0 Å². The smallest absolute Gasteiger partial charge is 0.335 e. The maximum absolute atomic E-state index is 11.0. The lowest BCUT2D eigenvalue weighted by atomic mass is 9.95. The maximum atomic E-state index is 11.0. The zero-order chi connectivity index (χ0) is 10.4. The van der Waals surface area contributed by atoms with Gasteiger partial charge in [0.15, 0.2) is 0 Å². The van der Waals surface area contributed by atoms with Crippen LogP contribution in [0.4, 0.5) is 0 Å². The first-order valence-electron chi connectivity index (χ1n) is 5.38. The first-order valence-corrected chi connectivity index (χ1v) is 5.38. The minimum Gasteiger partial charge on any atom is -0.428 e. The number of hydrogen-bond acceptors (Lipinski definition) is 2. The number of hydrogen-bond donors (Lipinski definition) is 0. The molecule has 1 heterocycles. The molecule has 0 saturated heterocycles. The minimum atomic E-state index is -0.236. The van der Waals surface area contributed by atoms with Crippen molar-refractivity contribution >= 4 is 0 Å². The molecule has 2 heteroatoms. The van der Waals surface area contributed by atoms with Gasteiger partial charge in [-0.15, -0.1) is 0 Å². The summed E-state index contributed by atoms with van der Waals surface area (Å²) in [6, 6.07) is 5.15. The molecular weight excluding hydrogens is 176 g/mol. The third-order valence-corrected chi connectivity index (χ3v) is 2.39. The Morgan fingerprint density at radius 1 is 1.21 bits per heavy atom.